The van der Waals surface area contributed by atoms with Crippen molar-refractivity contribution in [2.45, 2.75) is 84.0 Å². The van der Waals surface area contributed by atoms with Gasteiger partial charge in [-0.3, -0.25) is 0 Å². The summed E-state index contributed by atoms with van der Waals surface area (Å²) in [5.74, 6) is 0. The Hall–Kier alpha value is 0.730. The highest BCUT2D eigenvalue weighted by atomic mass is 79.9. The molecule has 0 heterocycles. The van der Waals surface area contributed by atoms with E-state index in [1.807, 2.05) is 0 Å². The second kappa shape index (κ2) is 17.1. The average Bonchev–Trinajstić information content (AvgIpc) is 2.41. The Morgan fingerprint density at radius 1 is 0.619 bits per heavy atom. The maximum Gasteiger partial charge on any atom is 0.0782 e. The fourth-order valence-electron chi connectivity index (χ4n) is 2.77. The number of alkyl halides is 1. The van der Waals surface area contributed by atoms with Crippen molar-refractivity contribution in [1.29, 1.82) is 0 Å². The van der Waals surface area contributed by atoms with Crippen LogP contribution in [-0.4, -0.2) is 37.0 Å². The van der Waals surface area contributed by atoms with Crippen LogP contribution in [-0.2, 0) is 0 Å². The molecule has 0 fully saturated rings. The van der Waals surface area contributed by atoms with Crippen LogP contribution in [0.5, 0.6) is 0 Å². The first-order valence-electron chi connectivity index (χ1n) is 9.00. The smallest absolute Gasteiger partial charge is 0.0782 e. The first kappa shape index (κ1) is 24.0. The molecule has 0 aliphatic heterocycles. The second-order valence-corrected chi connectivity index (χ2v) is 7.75. The molecule has 0 aliphatic rings. The number of quaternary nitrogens is 1. The van der Waals surface area contributed by atoms with Gasteiger partial charge in [-0.1, -0.05) is 74.2 Å². The van der Waals surface area contributed by atoms with E-state index in [9.17, 15) is 0 Å². The number of rotatable bonds is 15. The lowest BCUT2D eigenvalue weighted by Gasteiger charge is -2.29. The van der Waals surface area contributed by atoms with Gasteiger partial charge in [0.2, 0.25) is 0 Å². The lowest BCUT2D eigenvalue weighted by Crippen LogP contribution is -3.00. The highest BCUT2D eigenvalue weighted by Crippen LogP contribution is 2.12. The zero-order chi connectivity index (χ0) is 15.1. The van der Waals surface area contributed by atoms with Crippen molar-refractivity contribution < 1.29 is 16.9 Å². The minimum Gasteiger partial charge on any atom is -1.00 e. The number of nitrogens with zero attached hydrogens (tertiary/aromatic N) is 1. The molecule has 130 valence electrons. The maximum atomic E-state index is 3.52. The van der Waals surface area contributed by atoms with E-state index in [-0.39, 0.29) is 12.4 Å². The maximum absolute atomic E-state index is 3.52. The fraction of sp³-hybridized carbons (Fsp3) is 1.00. The molecule has 0 saturated carbocycles. The predicted molar refractivity (Wildman–Crippen MR) is 96.7 cm³/mol. The molecular weight excluding hydrogens is 346 g/mol. The number of hydrogen-bond acceptors (Lipinski definition) is 0. The van der Waals surface area contributed by atoms with Crippen molar-refractivity contribution in [2.24, 2.45) is 0 Å². The van der Waals surface area contributed by atoms with Crippen LogP contribution in [0.2, 0.25) is 0 Å². The van der Waals surface area contributed by atoms with Gasteiger partial charge in [-0.25, -0.2) is 0 Å². The summed E-state index contributed by atoms with van der Waals surface area (Å²) in [6.07, 6.45) is 17.1. The largest absolute Gasteiger partial charge is 1.00 e. The Morgan fingerprint density at radius 2 is 1.00 bits per heavy atom. The zero-order valence-electron chi connectivity index (χ0n) is 14.8. The summed E-state index contributed by atoms with van der Waals surface area (Å²) in [6, 6.07) is 0. The van der Waals surface area contributed by atoms with Gasteiger partial charge in [-0.2, -0.15) is 0 Å². The normalized spacial score (nSPS) is 11.4. The third-order valence-corrected chi connectivity index (χ3v) is 4.82. The Balaban J connectivity index is 0. The summed E-state index contributed by atoms with van der Waals surface area (Å²) < 4.78 is 1.21. The van der Waals surface area contributed by atoms with Gasteiger partial charge >= 0.3 is 0 Å². The van der Waals surface area contributed by atoms with E-state index < -0.39 is 0 Å². The number of unbranched alkanes of at least 4 members (excludes halogenated alkanes) is 10. The first-order chi connectivity index (χ1) is 9.62. The summed E-state index contributed by atoms with van der Waals surface area (Å²) in [4.78, 5) is 0. The highest BCUT2D eigenvalue weighted by molar-refractivity contribution is 9.09. The molecule has 0 rings (SSSR count). The van der Waals surface area contributed by atoms with E-state index >= 15 is 0 Å². The van der Waals surface area contributed by atoms with Crippen LogP contribution in [0, 0.1) is 0 Å². The molecule has 21 heavy (non-hydrogen) atoms. The van der Waals surface area contributed by atoms with Crippen molar-refractivity contribution in [3.05, 3.63) is 0 Å². The van der Waals surface area contributed by atoms with Gasteiger partial charge < -0.3 is 16.9 Å². The van der Waals surface area contributed by atoms with Crippen LogP contribution in [0.1, 0.15) is 84.0 Å². The summed E-state index contributed by atoms with van der Waals surface area (Å²) in [5, 5.41) is 1.16. The van der Waals surface area contributed by atoms with Gasteiger partial charge in [0.05, 0.1) is 27.2 Å². The van der Waals surface area contributed by atoms with Crippen LogP contribution >= 0.6 is 15.9 Å². The van der Waals surface area contributed by atoms with Crippen molar-refractivity contribution >= 4 is 15.9 Å². The van der Waals surface area contributed by atoms with E-state index in [1.165, 1.54) is 94.6 Å². The van der Waals surface area contributed by atoms with Gasteiger partial charge in [0.25, 0.3) is 0 Å². The fourth-order valence-corrected chi connectivity index (χ4v) is 3.17. The monoisotopic (exact) mass is 383 g/mol. The van der Waals surface area contributed by atoms with Crippen LogP contribution in [0.25, 0.3) is 0 Å². The Morgan fingerprint density at radius 3 is 1.43 bits per heavy atom. The third kappa shape index (κ3) is 18.7. The van der Waals surface area contributed by atoms with Gasteiger partial charge in [0.15, 0.2) is 0 Å². The quantitative estimate of drug-likeness (QED) is 0.231. The van der Waals surface area contributed by atoms with Crippen LogP contribution in [0.4, 0.5) is 0 Å². The molecule has 1 nitrogen and oxygen atoms in total. The van der Waals surface area contributed by atoms with E-state index in [0.29, 0.717) is 0 Å². The molecule has 0 saturated heterocycles. The first-order valence-corrected chi connectivity index (χ1v) is 10.1. The molecular formula is C18H39BrClN. The SMILES string of the molecule is CCCCCCCCCCCC[N+](C)(C)CCCCBr.[Cl-]. The second-order valence-electron chi connectivity index (χ2n) is 6.96. The zero-order valence-corrected chi connectivity index (χ0v) is 17.2. The molecule has 0 spiro atoms. The molecule has 0 aromatic heterocycles. The van der Waals surface area contributed by atoms with Gasteiger partial charge in [0.1, 0.15) is 0 Å². The predicted octanol–water partition coefficient (Wildman–Crippen LogP) is 3.16. The minimum absolute atomic E-state index is 0. The number of halogens is 2. The molecule has 0 radical (unpaired) electrons. The lowest BCUT2D eigenvalue weighted by atomic mass is 10.1. The van der Waals surface area contributed by atoms with Crippen molar-refractivity contribution in [1.82, 2.24) is 0 Å². The summed E-state index contributed by atoms with van der Waals surface area (Å²) in [7, 11) is 4.78. The Bertz CT molecular complexity index is 198. The standard InChI is InChI=1S/C18H39BrN.ClH/c1-4-5-6-7-8-9-10-11-12-14-17-20(2,3)18-15-13-16-19;/h4-18H2,1-3H3;1H/q+1;/p-1. The van der Waals surface area contributed by atoms with Gasteiger partial charge in [-0.05, 0) is 25.7 Å². The lowest BCUT2D eigenvalue weighted by molar-refractivity contribution is -0.890. The van der Waals surface area contributed by atoms with E-state index in [4.69, 9.17) is 0 Å². The van der Waals surface area contributed by atoms with Gasteiger partial charge in [-0.15, -0.1) is 0 Å². The van der Waals surface area contributed by atoms with Crippen LogP contribution < -0.4 is 12.4 Å². The van der Waals surface area contributed by atoms with E-state index in [1.54, 1.807) is 0 Å². The molecule has 0 amide bonds. The summed E-state index contributed by atoms with van der Waals surface area (Å²) in [6.45, 7) is 4.99. The molecule has 0 atom stereocenters. The third-order valence-electron chi connectivity index (χ3n) is 4.26. The van der Waals surface area contributed by atoms with Crippen molar-refractivity contribution in [2.75, 3.05) is 32.5 Å². The summed E-state index contributed by atoms with van der Waals surface area (Å²) >= 11 is 3.52. The molecule has 0 unspecified atom stereocenters. The molecule has 0 bridgehead atoms. The minimum atomic E-state index is 0. The van der Waals surface area contributed by atoms with Crippen molar-refractivity contribution in [3.8, 4) is 0 Å². The highest BCUT2D eigenvalue weighted by Gasteiger charge is 2.13. The van der Waals surface area contributed by atoms with E-state index in [2.05, 4.69) is 36.9 Å². The summed E-state index contributed by atoms with van der Waals surface area (Å²) in [5.41, 5.74) is 0. The van der Waals surface area contributed by atoms with Crippen molar-refractivity contribution in [3.63, 3.8) is 0 Å². The Labute approximate surface area is 149 Å². The van der Waals surface area contributed by atoms with Gasteiger partial charge in [0, 0.05) is 5.33 Å². The average molecular weight is 385 g/mol. The molecule has 0 aliphatic carbocycles. The van der Waals surface area contributed by atoms with E-state index in [0.717, 1.165) is 5.33 Å². The molecule has 0 aromatic rings. The molecule has 0 N–H and O–H groups in total. The number of hydrogen-bond donors (Lipinski definition) is 0. The van der Waals surface area contributed by atoms with Crippen LogP contribution in [0.15, 0.2) is 0 Å². The Kier molecular flexibility index (Phi) is 19.5. The molecule has 0 aromatic carbocycles. The topological polar surface area (TPSA) is 0 Å². The van der Waals surface area contributed by atoms with Crippen LogP contribution in [0.3, 0.4) is 0 Å². The molecule has 3 heteroatoms.